The van der Waals surface area contributed by atoms with Gasteiger partial charge in [-0.3, -0.25) is 9.59 Å². The van der Waals surface area contributed by atoms with E-state index in [1.807, 2.05) is 6.92 Å². The minimum Gasteiger partial charge on any atom is -0.489 e. The Kier molecular flexibility index (Phi) is 5.51. The molecule has 0 radical (unpaired) electrons. The second-order valence-electron chi connectivity index (χ2n) is 5.26. The molecule has 0 saturated heterocycles. The van der Waals surface area contributed by atoms with Gasteiger partial charge in [-0.05, 0) is 30.7 Å². The number of rotatable bonds is 6. The molecule has 0 atom stereocenters. The fourth-order valence-electron chi connectivity index (χ4n) is 1.98. The Bertz CT molecular complexity index is 743. The summed E-state index contributed by atoms with van der Waals surface area (Å²) >= 11 is 0. The van der Waals surface area contributed by atoms with Crippen molar-refractivity contribution in [1.82, 2.24) is 9.47 Å². The topological polar surface area (TPSA) is 51.5 Å². The Morgan fingerprint density at radius 3 is 2.74 bits per heavy atom. The average molecular weight is 318 g/mol. The van der Waals surface area contributed by atoms with E-state index in [1.54, 1.807) is 31.4 Å². The highest BCUT2D eigenvalue weighted by atomic mass is 19.1. The maximum Gasteiger partial charge on any atom is 0.251 e. The first kappa shape index (κ1) is 16.7. The van der Waals surface area contributed by atoms with Gasteiger partial charge in [-0.1, -0.05) is 12.1 Å². The predicted octanol–water partition coefficient (Wildman–Crippen LogP) is 1.83. The van der Waals surface area contributed by atoms with Gasteiger partial charge in [0.15, 0.2) is 11.6 Å². The molecule has 1 aromatic heterocycles. The fraction of sp³-hybridized carbons (Fsp3) is 0.294. The van der Waals surface area contributed by atoms with Gasteiger partial charge in [0.1, 0.15) is 13.2 Å². The zero-order chi connectivity index (χ0) is 16.8. The van der Waals surface area contributed by atoms with Gasteiger partial charge in [-0.15, -0.1) is 0 Å². The van der Waals surface area contributed by atoms with Crippen LogP contribution in [-0.4, -0.2) is 35.6 Å². The number of carbonyl (C=O) groups excluding carboxylic acids is 1. The molecule has 0 N–H and O–H groups in total. The van der Waals surface area contributed by atoms with Crippen LogP contribution in [0.15, 0.2) is 47.4 Å². The quantitative estimate of drug-likeness (QED) is 0.816. The molecule has 122 valence electrons. The predicted molar refractivity (Wildman–Crippen MR) is 85.0 cm³/mol. The number of aromatic nitrogens is 1. The number of amides is 1. The van der Waals surface area contributed by atoms with Crippen LogP contribution in [0.3, 0.4) is 0 Å². The number of aryl methyl sites for hydroxylation is 1. The van der Waals surface area contributed by atoms with Crippen LogP contribution in [0, 0.1) is 12.7 Å². The number of benzene rings is 1. The summed E-state index contributed by atoms with van der Waals surface area (Å²) in [5, 5.41) is 0. The van der Waals surface area contributed by atoms with E-state index < -0.39 is 5.82 Å². The Morgan fingerprint density at radius 1 is 1.30 bits per heavy atom. The maximum absolute atomic E-state index is 13.4. The van der Waals surface area contributed by atoms with Crippen LogP contribution < -0.4 is 10.3 Å². The van der Waals surface area contributed by atoms with Crippen molar-refractivity contribution in [3.63, 3.8) is 0 Å². The lowest BCUT2D eigenvalue weighted by atomic mass is 10.3. The molecular formula is C17H19FN2O3. The van der Waals surface area contributed by atoms with Crippen LogP contribution in [0.5, 0.6) is 5.75 Å². The van der Waals surface area contributed by atoms with Gasteiger partial charge in [0, 0.05) is 19.3 Å². The number of ether oxygens (including phenoxy) is 1. The van der Waals surface area contributed by atoms with Gasteiger partial charge in [-0.25, -0.2) is 4.39 Å². The van der Waals surface area contributed by atoms with Crippen molar-refractivity contribution >= 4 is 5.91 Å². The smallest absolute Gasteiger partial charge is 0.251 e. The van der Waals surface area contributed by atoms with Crippen molar-refractivity contribution in [2.24, 2.45) is 0 Å². The summed E-state index contributed by atoms with van der Waals surface area (Å²) in [7, 11) is 1.62. The summed E-state index contributed by atoms with van der Waals surface area (Å²) in [6.45, 7) is 2.26. The second kappa shape index (κ2) is 7.58. The lowest BCUT2D eigenvalue weighted by molar-refractivity contribution is -0.130. The molecule has 0 aliphatic heterocycles. The van der Waals surface area contributed by atoms with E-state index in [-0.39, 0.29) is 30.4 Å². The number of likely N-dealkylation sites (N-methyl/N-ethyl adjacent to an activating group) is 1. The molecule has 0 saturated carbocycles. The van der Waals surface area contributed by atoms with E-state index in [4.69, 9.17) is 4.74 Å². The molecule has 0 aliphatic carbocycles. The van der Waals surface area contributed by atoms with Crippen LogP contribution >= 0.6 is 0 Å². The standard InChI is InChI=1S/C17H19FN2O3/c1-13-7-8-20(16(21)11-13)12-17(22)19(2)9-10-23-15-6-4-3-5-14(15)18/h3-8,11H,9-10,12H2,1-2H3. The fourth-order valence-corrected chi connectivity index (χ4v) is 1.98. The van der Waals surface area contributed by atoms with Crippen molar-refractivity contribution in [2.75, 3.05) is 20.2 Å². The molecule has 2 rings (SSSR count). The van der Waals surface area contributed by atoms with Crippen molar-refractivity contribution in [1.29, 1.82) is 0 Å². The summed E-state index contributed by atoms with van der Waals surface area (Å²) < 4.78 is 20.1. The summed E-state index contributed by atoms with van der Waals surface area (Å²) in [6.07, 6.45) is 1.60. The monoisotopic (exact) mass is 318 g/mol. The summed E-state index contributed by atoms with van der Waals surface area (Å²) in [5.41, 5.74) is 0.639. The van der Waals surface area contributed by atoms with Crippen LogP contribution in [0.25, 0.3) is 0 Å². The number of hydrogen-bond acceptors (Lipinski definition) is 3. The van der Waals surface area contributed by atoms with Crippen LogP contribution in [-0.2, 0) is 11.3 Å². The zero-order valence-electron chi connectivity index (χ0n) is 13.2. The third-order valence-corrected chi connectivity index (χ3v) is 3.40. The lowest BCUT2D eigenvalue weighted by Gasteiger charge is -2.18. The SMILES string of the molecule is Cc1ccn(CC(=O)N(C)CCOc2ccccc2F)c(=O)c1. The third kappa shape index (κ3) is 4.67. The lowest BCUT2D eigenvalue weighted by Crippen LogP contribution is -2.36. The Balaban J connectivity index is 1.85. The third-order valence-electron chi connectivity index (χ3n) is 3.40. The average Bonchev–Trinajstić information content (AvgIpc) is 2.51. The normalized spacial score (nSPS) is 10.4. The van der Waals surface area contributed by atoms with E-state index >= 15 is 0 Å². The van der Waals surface area contributed by atoms with Gasteiger partial charge >= 0.3 is 0 Å². The number of carbonyl (C=O) groups is 1. The number of nitrogens with zero attached hydrogens (tertiary/aromatic N) is 2. The van der Waals surface area contributed by atoms with E-state index in [0.717, 1.165) is 5.56 Å². The minimum absolute atomic E-state index is 0.0324. The molecule has 5 nitrogen and oxygen atoms in total. The first-order chi connectivity index (χ1) is 11.0. The summed E-state index contributed by atoms with van der Waals surface area (Å²) in [5.74, 6) is -0.496. The van der Waals surface area contributed by atoms with E-state index in [9.17, 15) is 14.0 Å². The van der Waals surface area contributed by atoms with Crippen molar-refractivity contribution in [3.05, 3.63) is 64.3 Å². The second-order valence-corrected chi connectivity index (χ2v) is 5.26. The highest BCUT2D eigenvalue weighted by Crippen LogP contribution is 2.14. The molecule has 0 aliphatic rings. The highest BCUT2D eigenvalue weighted by Gasteiger charge is 2.11. The Labute approximate surface area is 133 Å². The van der Waals surface area contributed by atoms with Gasteiger partial charge in [0.25, 0.3) is 5.56 Å². The minimum atomic E-state index is -0.437. The van der Waals surface area contributed by atoms with E-state index in [0.29, 0.717) is 6.54 Å². The summed E-state index contributed by atoms with van der Waals surface area (Å²) in [4.78, 5) is 25.3. The van der Waals surface area contributed by atoms with Gasteiger partial charge < -0.3 is 14.2 Å². The molecule has 2 aromatic rings. The van der Waals surface area contributed by atoms with Gasteiger partial charge in [0.05, 0.1) is 6.54 Å². The molecule has 1 amide bonds. The molecule has 1 heterocycles. The molecule has 0 spiro atoms. The highest BCUT2D eigenvalue weighted by molar-refractivity contribution is 5.75. The van der Waals surface area contributed by atoms with Crippen molar-refractivity contribution < 1.29 is 13.9 Å². The molecular weight excluding hydrogens is 299 g/mol. The number of para-hydroxylation sites is 1. The van der Waals surface area contributed by atoms with Crippen molar-refractivity contribution in [3.8, 4) is 5.75 Å². The molecule has 0 fully saturated rings. The molecule has 23 heavy (non-hydrogen) atoms. The molecule has 0 unspecified atom stereocenters. The van der Waals surface area contributed by atoms with Crippen LogP contribution in [0.4, 0.5) is 4.39 Å². The van der Waals surface area contributed by atoms with E-state index in [2.05, 4.69) is 0 Å². The number of halogens is 1. The summed E-state index contributed by atoms with van der Waals surface area (Å²) in [6, 6.07) is 9.36. The van der Waals surface area contributed by atoms with Gasteiger partial charge in [0.2, 0.25) is 5.91 Å². The first-order valence-electron chi connectivity index (χ1n) is 7.26. The van der Waals surface area contributed by atoms with Crippen LogP contribution in [0.2, 0.25) is 0 Å². The number of hydrogen-bond donors (Lipinski definition) is 0. The van der Waals surface area contributed by atoms with E-state index in [1.165, 1.54) is 27.7 Å². The molecule has 6 heteroatoms. The molecule has 0 bridgehead atoms. The molecule has 1 aromatic carbocycles. The first-order valence-corrected chi connectivity index (χ1v) is 7.26. The zero-order valence-corrected chi connectivity index (χ0v) is 13.2. The Hall–Kier alpha value is -2.63. The maximum atomic E-state index is 13.4. The Morgan fingerprint density at radius 2 is 2.04 bits per heavy atom. The van der Waals surface area contributed by atoms with Crippen molar-refractivity contribution in [2.45, 2.75) is 13.5 Å². The largest absolute Gasteiger partial charge is 0.489 e. The number of pyridine rings is 1. The van der Waals surface area contributed by atoms with Gasteiger partial charge in [-0.2, -0.15) is 0 Å². The van der Waals surface area contributed by atoms with Crippen LogP contribution in [0.1, 0.15) is 5.56 Å².